The molecule has 11 heteroatoms. The van der Waals surface area contributed by atoms with Gasteiger partial charge in [-0.2, -0.15) is 0 Å². The summed E-state index contributed by atoms with van der Waals surface area (Å²) in [5.41, 5.74) is 8.16. The van der Waals surface area contributed by atoms with Gasteiger partial charge in [-0.1, -0.05) is 42.8 Å². The van der Waals surface area contributed by atoms with Gasteiger partial charge in [-0.25, -0.2) is 9.79 Å². The highest BCUT2D eigenvalue weighted by Gasteiger charge is 2.26. The standard InChI is InChI=1S/C29H38N6O5/c1-2-39-29(38)33-28-32-24-17-23(40-16-13-25(27(30)37)34-14-7-4-8-15-34)12-11-22(24)19-35(28)20-26(36)31-18-21-9-5-3-6-10-21/h3,5-6,9-12,17,25H,2,4,7-8,13-16,18-20H2,1H3,(H2,30,37)(H,31,36)(H,32,33,38). The first kappa shape index (κ1) is 28.9. The van der Waals surface area contributed by atoms with Crippen LogP contribution in [0.3, 0.4) is 0 Å². The molecule has 2 aliphatic rings. The van der Waals surface area contributed by atoms with Crippen LogP contribution in [-0.4, -0.2) is 72.6 Å². The number of hydrogen-bond acceptors (Lipinski definition) is 8. The van der Waals surface area contributed by atoms with E-state index in [4.69, 9.17) is 15.2 Å². The first-order valence-corrected chi connectivity index (χ1v) is 13.8. The number of carbonyl (C=O) groups is 3. The van der Waals surface area contributed by atoms with E-state index in [1.807, 2.05) is 42.5 Å². The van der Waals surface area contributed by atoms with Crippen LogP contribution in [0.5, 0.6) is 5.75 Å². The molecule has 214 valence electrons. The number of rotatable bonds is 11. The maximum absolute atomic E-state index is 12.7. The normalized spacial score (nSPS) is 15.8. The smallest absolute Gasteiger partial charge is 0.413 e. The fourth-order valence-corrected chi connectivity index (χ4v) is 4.88. The predicted octanol–water partition coefficient (Wildman–Crippen LogP) is 2.66. The van der Waals surface area contributed by atoms with Crippen molar-refractivity contribution in [1.82, 2.24) is 20.4 Å². The van der Waals surface area contributed by atoms with Crippen molar-refractivity contribution in [3.63, 3.8) is 0 Å². The molecular weight excluding hydrogens is 512 g/mol. The highest BCUT2D eigenvalue weighted by molar-refractivity contribution is 5.98. The van der Waals surface area contributed by atoms with E-state index < -0.39 is 6.09 Å². The Hall–Kier alpha value is -4.12. The number of aliphatic imine (C=N–C) groups is 1. The second-order valence-electron chi connectivity index (χ2n) is 9.84. The molecule has 4 rings (SSSR count). The molecule has 0 saturated carbocycles. The molecule has 1 unspecified atom stereocenters. The molecule has 2 aliphatic heterocycles. The largest absolute Gasteiger partial charge is 0.493 e. The molecular formula is C29H38N6O5. The van der Waals surface area contributed by atoms with Gasteiger partial charge in [-0.05, 0) is 50.0 Å². The highest BCUT2D eigenvalue weighted by Crippen LogP contribution is 2.30. The maximum Gasteiger partial charge on any atom is 0.413 e. The monoisotopic (exact) mass is 550 g/mol. The molecule has 3 amide bonds. The summed E-state index contributed by atoms with van der Waals surface area (Å²) < 4.78 is 11.0. The number of benzene rings is 2. The van der Waals surface area contributed by atoms with E-state index in [1.165, 1.54) is 6.42 Å². The van der Waals surface area contributed by atoms with Crippen LogP contribution in [0.15, 0.2) is 53.5 Å². The number of amides is 3. The molecule has 40 heavy (non-hydrogen) atoms. The molecule has 0 radical (unpaired) electrons. The average molecular weight is 551 g/mol. The van der Waals surface area contributed by atoms with Crippen molar-refractivity contribution in [3.05, 3.63) is 59.7 Å². The zero-order chi connectivity index (χ0) is 28.3. The van der Waals surface area contributed by atoms with Gasteiger partial charge in [0.1, 0.15) is 12.3 Å². The van der Waals surface area contributed by atoms with E-state index in [-0.39, 0.29) is 37.0 Å². The molecule has 0 spiro atoms. The Bertz CT molecular complexity index is 1200. The Morgan fingerprint density at radius 2 is 1.85 bits per heavy atom. The average Bonchev–Trinajstić information content (AvgIpc) is 2.95. The van der Waals surface area contributed by atoms with Gasteiger partial charge in [0.25, 0.3) is 0 Å². The number of likely N-dealkylation sites (tertiary alicyclic amines) is 1. The molecule has 1 saturated heterocycles. The lowest BCUT2D eigenvalue weighted by Crippen LogP contribution is -2.49. The maximum atomic E-state index is 12.7. The van der Waals surface area contributed by atoms with Crippen LogP contribution >= 0.6 is 0 Å². The van der Waals surface area contributed by atoms with Gasteiger partial charge in [0.05, 0.1) is 24.9 Å². The number of piperidine rings is 1. The number of alkyl carbamates (subject to hydrolysis) is 1. The predicted molar refractivity (Wildman–Crippen MR) is 151 cm³/mol. The summed E-state index contributed by atoms with van der Waals surface area (Å²) in [6.45, 7) is 4.75. The van der Waals surface area contributed by atoms with Gasteiger partial charge >= 0.3 is 6.09 Å². The second kappa shape index (κ2) is 14.3. The van der Waals surface area contributed by atoms with E-state index in [1.54, 1.807) is 17.9 Å². The van der Waals surface area contributed by atoms with Crippen LogP contribution in [0, 0.1) is 0 Å². The zero-order valence-corrected chi connectivity index (χ0v) is 22.9. The first-order chi connectivity index (χ1) is 19.4. The SMILES string of the molecule is CCOC(=O)NC1=Nc2cc(OCCC(C(N)=O)N3CCCCC3)ccc2CN1CC(=O)NCc1ccccc1. The van der Waals surface area contributed by atoms with Crippen molar-refractivity contribution >= 4 is 29.6 Å². The first-order valence-electron chi connectivity index (χ1n) is 13.8. The van der Waals surface area contributed by atoms with E-state index >= 15 is 0 Å². The van der Waals surface area contributed by atoms with Crippen LogP contribution in [0.25, 0.3) is 0 Å². The third kappa shape index (κ3) is 8.19. The molecule has 0 aliphatic carbocycles. The van der Waals surface area contributed by atoms with Gasteiger partial charge in [0.2, 0.25) is 17.8 Å². The fourth-order valence-electron chi connectivity index (χ4n) is 4.88. The van der Waals surface area contributed by atoms with E-state index in [0.717, 1.165) is 37.1 Å². The lowest BCUT2D eigenvalue weighted by Gasteiger charge is -2.32. The van der Waals surface area contributed by atoms with Crippen molar-refractivity contribution in [2.24, 2.45) is 10.7 Å². The van der Waals surface area contributed by atoms with Gasteiger partial charge in [-0.15, -0.1) is 0 Å². The van der Waals surface area contributed by atoms with Gasteiger partial charge in [0.15, 0.2) is 0 Å². The molecule has 1 atom stereocenters. The lowest BCUT2D eigenvalue weighted by molar-refractivity contribution is -0.124. The summed E-state index contributed by atoms with van der Waals surface area (Å²) in [4.78, 5) is 45.5. The number of nitrogens with zero attached hydrogens (tertiary/aromatic N) is 3. The fraction of sp³-hybridized carbons (Fsp3) is 0.448. The van der Waals surface area contributed by atoms with Crippen LogP contribution in [0.4, 0.5) is 10.5 Å². The third-order valence-electron chi connectivity index (χ3n) is 6.92. The number of guanidine groups is 1. The Labute approximate surface area is 234 Å². The molecule has 2 heterocycles. The molecule has 4 N–H and O–H groups in total. The Balaban J connectivity index is 1.40. The molecule has 2 aromatic rings. The Morgan fingerprint density at radius 3 is 2.58 bits per heavy atom. The van der Waals surface area contributed by atoms with Crippen molar-refractivity contribution in [1.29, 1.82) is 0 Å². The number of hydrogen-bond donors (Lipinski definition) is 3. The number of nitrogens with two attached hydrogens (primary N) is 1. The molecule has 0 bridgehead atoms. The van der Waals surface area contributed by atoms with Crippen molar-refractivity contribution in [2.45, 2.75) is 51.7 Å². The third-order valence-corrected chi connectivity index (χ3v) is 6.92. The van der Waals surface area contributed by atoms with Crippen LogP contribution in [0.1, 0.15) is 43.7 Å². The molecule has 0 aromatic heterocycles. The van der Waals surface area contributed by atoms with Gasteiger partial charge < -0.3 is 25.4 Å². The van der Waals surface area contributed by atoms with Crippen molar-refractivity contribution < 1.29 is 23.9 Å². The van der Waals surface area contributed by atoms with E-state index in [0.29, 0.717) is 37.6 Å². The molecule has 1 fully saturated rings. The number of primary amides is 1. The number of fused-ring (bicyclic) bond motifs is 1. The highest BCUT2D eigenvalue weighted by atomic mass is 16.5. The second-order valence-corrected chi connectivity index (χ2v) is 9.84. The summed E-state index contributed by atoms with van der Waals surface area (Å²) in [7, 11) is 0. The van der Waals surface area contributed by atoms with E-state index in [2.05, 4.69) is 20.5 Å². The topological polar surface area (TPSA) is 139 Å². The van der Waals surface area contributed by atoms with Crippen LogP contribution < -0.4 is 21.1 Å². The summed E-state index contributed by atoms with van der Waals surface area (Å²) in [5, 5.41) is 5.56. The molecule has 2 aromatic carbocycles. The molecule has 11 nitrogen and oxygen atoms in total. The minimum absolute atomic E-state index is 0.000763. The lowest BCUT2D eigenvalue weighted by atomic mass is 10.1. The number of ether oxygens (including phenoxy) is 2. The quantitative estimate of drug-likeness (QED) is 0.391. The number of carbonyl (C=O) groups excluding carboxylic acids is 3. The minimum atomic E-state index is -0.651. The zero-order valence-electron chi connectivity index (χ0n) is 22.9. The van der Waals surface area contributed by atoms with Crippen molar-refractivity contribution in [3.8, 4) is 5.75 Å². The van der Waals surface area contributed by atoms with E-state index in [9.17, 15) is 14.4 Å². The Kier molecular flexibility index (Phi) is 10.3. The Morgan fingerprint density at radius 1 is 1.07 bits per heavy atom. The summed E-state index contributed by atoms with van der Waals surface area (Å²) >= 11 is 0. The van der Waals surface area contributed by atoms with Crippen LogP contribution in [-0.2, 0) is 27.4 Å². The number of nitrogens with one attached hydrogen (secondary N) is 2. The van der Waals surface area contributed by atoms with Gasteiger partial charge in [-0.3, -0.25) is 19.8 Å². The summed E-state index contributed by atoms with van der Waals surface area (Å²) in [6, 6.07) is 14.8. The van der Waals surface area contributed by atoms with Gasteiger partial charge in [0, 0.05) is 25.6 Å². The van der Waals surface area contributed by atoms with Crippen molar-refractivity contribution in [2.75, 3.05) is 32.8 Å². The summed E-state index contributed by atoms with van der Waals surface area (Å²) in [5.74, 6) is 0.275. The summed E-state index contributed by atoms with van der Waals surface area (Å²) in [6.07, 6.45) is 3.17. The minimum Gasteiger partial charge on any atom is -0.493 e. The van der Waals surface area contributed by atoms with Crippen LogP contribution in [0.2, 0.25) is 0 Å².